The van der Waals surface area contributed by atoms with E-state index < -0.39 is 0 Å². The molecular formula is C21H32N6O. The number of hydrogen-bond donors (Lipinski definition) is 1. The number of hydrogen-bond acceptors (Lipinski definition) is 4. The van der Waals surface area contributed by atoms with E-state index >= 15 is 0 Å². The molecule has 1 aromatic heterocycles. The van der Waals surface area contributed by atoms with Crippen LogP contribution in [0.4, 0.5) is 10.6 Å². The molecular weight excluding hydrogens is 352 g/mol. The zero-order valence-electron chi connectivity index (χ0n) is 17.2. The molecule has 7 heteroatoms. The first-order valence-corrected chi connectivity index (χ1v) is 10.8. The number of piperazine rings is 1. The summed E-state index contributed by atoms with van der Waals surface area (Å²) in [7, 11) is 1.88. The predicted molar refractivity (Wildman–Crippen MR) is 108 cm³/mol. The molecule has 0 aromatic carbocycles. The highest BCUT2D eigenvalue weighted by Gasteiger charge is 2.37. The minimum absolute atomic E-state index is 0.0708. The maximum Gasteiger partial charge on any atom is 0.317 e. The molecule has 0 bridgehead atoms. The average molecular weight is 385 g/mol. The summed E-state index contributed by atoms with van der Waals surface area (Å²) in [6.07, 6.45) is 8.10. The number of aromatic nitrogens is 2. The third-order valence-electron chi connectivity index (χ3n) is 6.88. The summed E-state index contributed by atoms with van der Waals surface area (Å²) >= 11 is 0. The Kier molecular flexibility index (Phi) is 5.47. The van der Waals surface area contributed by atoms with Gasteiger partial charge in [0.15, 0.2) is 0 Å². The number of nitrogens with zero attached hydrogens (tertiary/aromatic N) is 5. The summed E-state index contributed by atoms with van der Waals surface area (Å²) in [4.78, 5) is 16.8. The van der Waals surface area contributed by atoms with E-state index in [2.05, 4.69) is 21.4 Å². The molecule has 1 saturated heterocycles. The molecule has 2 atom stereocenters. The van der Waals surface area contributed by atoms with Crippen molar-refractivity contribution >= 4 is 11.8 Å². The number of carbonyl (C=O) groups is 1. The SMILES string of the molecule is Cc1nn(C)c(N2CCN(C(=O)NCC3CCCCC3C3CC3)CC2)c1C#N. The third-order valence-corrected chi connectivity index (χ3v) is 6.88. The first-order valence-electron chi connectivity index (χ1n) is 10.8. The fraction of sp³-hybridized carbons (Fsp3) is 0.762. The largest absolute Gasteiger partial charge is 0.352 e. The summed E-state index contributed by atoms with van der Waals surface area (Å²) in [5.41, 5.74) is 1.40. The van der Waals surface area contributed by atoms with Crippen LogP contribution in [-0.2, 0) is 7.05 Å². The van der Waals surface area contributed by atoms with Crippen LogP contribution in [0.5, 0.6) is 0 Å². The Labute approximate surface area is 167 Å². The normalized spacial score (nSPS) is 25.5. The Morgan fingerprint density at radius 2 is 1.89 bits per heavy atom. The van der Waals surface area contributed by atoms with Crippen molar-refractivity contribution in [1.82, 2.24) is 20.0 Å². The van der Waals surface area contributed by atoms with E-state index in [9.17, 15) is 10.1 Å². The van der Waals surface area contributed by atoms with Crippen molar-refractivity contribution in [1.29, 1.82) is 5.26 Å². The van der Waals surface area contributed by atoms with Crippen molar-refractivity contribution in [3.05, 3.63) is 11.3 Å². The highest BCUT2D eigenvalue weighted by molar-refractivity contribution is 5.74. The van der Waals surface area contributed by atoms with Gasteiger partial charge < -0.3 is 15.1 Å². The van der Waals surface area contributed by atoms with Crippen LogP contribution in [0, 0.1) is 36.0 Å². The fourth-order valence-corrected chi connectivity index (χ4v) is 5.23. The molecule has 0 spiro atoms. The molecule has 28 heavy (non-hydrogen) atoms. The predicted octanol–water partition coefficient (Wildman–Crippen LogP) is 2.65. The number of nitrogens with one attached hydrogen (secondary N) is 1. The first-order chi connectivity index (χ1) is 13.6. The van der Waals surface area contributed by atoms with Gasteiger partial charge in [-0.05, 0) is 50.4 Å². The van der Waals surface area contributed by atoms with Crippen molar-refractivity contribution in [3.8, 4) is 6.07 Å². The summed E-state index contributed by atoms with van der Waals surface area (Å²) < 4.78 is 1.78. The van der Waals surface area contributed by atoms with Gasteiger partial charge in [-0.15, -0.1) is 0 Å². The molecule has 2 amide bonds. The van der Waals surface area contributed by atoms with Crippen molar-refractivity contribution < 1.29 is 4.79 Å². The Morgan fingerprint density at radius 1 is 1.18 bits per heavy atom. The van der Waals surface area contributed by atoms with Crippen molar-refractivity contribution in [2.45, 2.75) is 45.4 Å². The van der Waals surface area contributed by atoms with Gasteiger partial charge in [-0.1, -0.05) is 12.8 Å². The Morgan fingerprint density at radius 3 is 2.57 bits per heavy atom. The van der Waals surface area contributed by atoms with Gasteiger partial charge >= 0.3 is 6.03 Å². The van der Waals surface area contributed by atoms with Gasteiger partial charge in [0.25, 0.3) is 0 Å². The fourth-order valence-electron chi connectivity index (χ4n) is 5.23. The number of carbonyl (C=O) groups excluding carboxylic acids is 1. The minimum atomic E-state index is 0.0708. The van der Waals surface area contributed by atoms with Gasteiger partial charge in [-0.25, -0.2) is 4.79 Å². The van der Waals surface area contributed by atoms with Crippen LogP contribution >= 0.6 is 0 Å². The molecule has 152 valence electrons. The molecule has 1 aromatic rings. The number of anilines is 1. The lowest BCUT2D eigenvalue weighted by molar-refractivity contribution is 0.176. The molecule has 3 fully saturated rings. The van der Waals surface area contributed by atoms with Crippen LogP contribution in [0.15, 0.2) is 0 Å². The van der Waals surface area contributed by atoms with Crippen molar-refractivity contribution in [3.63, 3.8) is 0 Å². The lowest BCUT2D eigenvalue weighted by Gasteiger charge is -2.37. The van der Waals surface area contributed by atoms with Gasteiger partial charge in [-0.3, -0.25) is 4.68 Å². The molecule has 1 aliphatic heterocycles. The molecule has 0 radical (unpaired) electrons. The average Bonchev–Trinajstić information content (AvgIpc) is 3.51. The van der Waals surface area contributed by atoms with Gasteiger partial charge in [0.1, 0.15) is 17.5 Å². The molecule has 2 aliphatic carbocycles. The number of rotatable bonds is 4. The van der Waals surface area contributed by atoms with Gasteiger partial charge in [0.05, 0.1) is 5.69 Å². The van der Waals surface area contributed by atoms with Crippen LogP contribution in [-0.4, -0.2) is 53.4 Å². The number of nitriles is 1. The molecule has 2 unspecified atom stereocenters. The number of aryl methyl sites for hydroxylation is 2. The van der Waals surface area contributed by atoms with E-state index in [1.54, 1.807) is 4.68 Å². The first kappa shape index (κ1) is 19.1. The van der Waals surface area contributed by atoms with Gasteiger partial charge in [-0.2, -0.15) is 10.4 Å². The van der Waals surface area contributed by atoms with Crippen molar-refractivity contribution in [2.24, 2.45) is 24.8 Å². The molecule has 7 nitrogen and oxygen atoms in total. The van der Waals surface area contributed by atoms with E-state index in [1.807, 2.05) is 18.9 Å². The number of amides is 2. The molecule has 4 rings (SSSR count). The van der Waals surface area contributed by atoms with E-state index in [0.29, 0.717) is 24.6 Å². The zero-order valence-corrected chi connectivity index (χ0v) is 17.2. The maximum absolute atomic E-state index is 12.7. The van der Waals surface area contributed by atoms with Gasteiger partial charge in [0, 0.05) is 39.8 Å². The topological polar surface area (TPSA) is 77.2 Å². The van der Waals surface area contributed by atoms with Crippen molar-refractivity contribution in [2.75, 3.05) is 37.6 Å². The summed E-state index contributed by atoms with van der Waals surface area (Å²) in [5, 5.41) is 17.0. The Hall–Kier alpha value is -2.23. The second-order valence-corrected chi connectivity index (χ2v) is 8.73. The zero-order chi connectivity index (χ0) is 19.7. The molecule has 1 N–H and O–H groups in total. The minimum Gasteiger partial charge on any atom is -0.352 e. The Bertz CT molecular complexity index is 754. The van der Waals surface area contributed by atoms with E-state index in [1.165, 1.54) is 38.5 Å². The molecule has 2 heterocycles. The summed E-state index contributed by atoms with van der Waals surface area (Å²) in [6.45, 7) is 5.52. The highest BCUT2D eigenvalue weighted by Crippen LogP contribution is 2.46. The van der Waals surface area contributed by atoms with Crippen LogP contribution in [0.1, 0.15) is 49.8 Å². The highest BCUT2D eigenvalue weighted by atomic mass is 16.2. The van der Waals surface area contributed by atoms with E-state index in [0.717, 1.165) is 43.0 Å². The summed E-state index contributed by atoms with van der Waals surface area (Å²) in [5.74, 6) is 3.31. The smallest absolute Gasteiger partial charge is 0.317 e. The standard InChI is InChI=1S/C21H32N6O/c1-15-19(13-22)20(25(2)24-15)26-9-11-27(12-10-26)21(28)23-14-17-5-3-4-6-18(17)16-7-8-16/h16-18H,3-12,14H2,1-2H3,(H,23,28). The van der Waals surface area contributed by atoms with Crippen LogP contribution in [0.25, 0.3) is 0 Å². The Balaban J connectivity index is 1.29. The van der Waals surface area contributed by atoms with E-state index in [-0.39, 0.29) is 6.03 Å². The maximum atomic E-state index is 12.7. The second kappa shape index (κ2) is 8.02. The second-order valence-electron chi connectivity index (χ2n) is 8.73. The summed E-state index contributed by atoms with van der Waals surface area (Å²) in [6, 6.07) is 2.34. The number of urea groups is 1. The van der Waals surface area contributed by atoms with Crippen LogP contribution in [0.3, 0.4) is 0 Å². The third kappa shape index (κ3) is 3.82. The molecule has 3 aliphatic rings. The van der Waals surface area contributed by atoms with Gasteiger partial charge in [0.2, 0.25) is 0 Å². The monoisotopic (exact) mass is 384 g/mol. The molecule has 2 saturated carbocycles. The quantitative estimate of drug-likeness (QED) is 0.866. The van der Waals surface area contributed by atoms with Crippen LogP contribution < -0.4 is 10.2 Å². The van der Waals surface area contributed by atoms with E-state index in [4.69, 9.17) is 0 Å². The lowest BCUT2D eigenvalue weighted by Crippen LogP contribution is -2.53. The lowest BCUT2D eigenvalue weighted by atomic mass is 9.76. The van der Waals surface area contributed by atoms with Crippen LogP contribution in [0.2, 0.25) is 0 Å².